The molecule has 6 heteroatoms. The standard InChI is InChI=1S/C8H13N5O/c9-1-2-12-8-6(7(11)14)3-5(10)4-13-8/h3-4H,1-2,9-10H2,(H2,11,14)(H,12,13). The van der Waals surface area contributed by atoms with E-state index in [1.807, 2.05) is 0 Å². The molecule has 0 saturated heterocycles. The minimum absolute atomic E-state index is 0.276. The lowest BCUT2D eigenvalue weighted by Gasteiger charge is -2.07. The second-order valence-electron chi connectivity index (χ2n) is 2.74. The number of nitrogens with one attached hydrogen (secondary N) is 1. The predicted molar refractivity (Wildman–Crippen MR) is 54.7 cm³/mol. The van der Waals surface area contributed by atoms with Gasteiger partial charge in [0.25, 0.3) is 5.91 Å². The molecule has 0 bridgehead atoms. The SMILES string of the molecule is NCCNc1ncc(N)cc1C(N)=O. The number of nitrogen functional groups attached to an aromatic ring is 1. The largest absolute Gasteiger partial charge is 0.397 e. The van der Waals surface area contributed by atoms with Gasteiger partial charge in [-0.2, -0.15) is 0 Å². The van der Waals surface area contributed by atoms with E-state index in [1.54, 1.807) is 0 Å². The minimum atomic E-state index is -0.565. The zero-order valence-corrected chi connectivity index (χ0v) is 7.66. The molecule has 0 saturated carbocycles. The van der Waals surface area contributed by atoms with Gasteiger partial charge < -0.3 is 22.5 Å². The molecule has 0 aliphatic carbocycles. The minimum Gasteiger partial charge on any atom is -0.397 e. The summed E-state index contributed by atoms with van der Waals surface area (Å²) < 4.78 is 0. The van der Waals surface area contributed by atoms with Gasteiger partial charge in [0, 0.05) is 13.1 Å². The molecule has 0 radical (unpaired) electrons. The Labute approximate surface area is 81.5 Å². The van der Waals surface area contributed by atoms with E-state index < -0.39 is 5.91 Å². The molecular weight excluding hydrogens is 182 g/mol. The summed E-state index contributed by atoms with van der Waals surface area (Å²) >= 11 is 0. The van der Waals surface area contributed by atoms with Crippen molar-refractivity contribution in [2.24, 2.45) is 11.5 Å². The van der Waals surface area contributed by atoms with E-state index in [2.05, 4.69) is 10.3 Å². The van der Waals surface area contributed by atoms with E-state index in [9.17, 15) is 4.79 Å². The first-order chi connectivity index (χ1) is 6.65. The van der Waals surface area contributed by atoms with Crippen molar-refractivity contribution in [3.63, 3.8) is 0 Å². The van der Waals surface area contributed by atoms with E-state index in [0.29, 0.717) is 24.6 Å². The van der Waals surface area contributed by atoms with Gasteiger partial charge in [-0.3, -0.25) is 4.79 Å². The van der Waals surface area contributed by atoms with Crippen LogP contribution in [0.5, 0.6) is 0 Å². The number of aromatic nitrogens is 1. The molecule has 0 aliphatic heterocycles. The monoisotopic (exact) mass is 195 g/mol. The Morgan fingerprint density at radius 3 is 2.86 bits per heavy atom. The molecule has 0 spiro atoms. The molecule has 14 heavy (non-hydrogen) atoms. The molecular formula is C8H13N5O. The normalized spacial score (nSPS) is 9.79. The first kappa shape index (κ1) is 10.3. The molecule has 76 valence electrons. The van der Waals surface area contributed by atoms with Crippen molar-refractivity contribution in [2.75, 3.05) is 24.1 Å². The van der Waals surface area contributed by atoms with Gasteiger partial charge in [-0.15, -0.1) is 0 Å². The zero-order chi connectivity index (χ0) is 10.6. The third kappa shape index (κ3) is 2.33. The summed E-state index contributed by atoms with van der Waals surface area (Å²) in [5.74, 6) is -0.151. The summed E-state index contributed by atoms with van der Waals surface area (Å²) in [6.45, 7) is 0.974. The third-order valence-corrected chi connectivity index (χ3v) is 1.61. The topological polar surface area (TPSA) is 120 Å². The van der Waals surface area contributed by atoms with Crippen molar-refractivity contribution in [2.45, 2.75) is 0 Å². The van der Waals surface area contributed by atoms with Crippen LogP contribution in [0, 0.1) is 0 Å². The highest BCUT2D eigenvalue weighted by Crippen LogP contribution is 2.14. The van der Waals surface area contributed by atoms with E-state index in [1.165, 1.54) is 12.3 Å². The first-order valence-electron chi connectivity index (χ1n) is 4.14. The molecule has 1 aromatic heterocycles. The molecule has 1 aromatic rings. The van der Waals surface area contributed by atoms with Gasteiger partial charge in [0.1, 0.15) is 5.82 Å². The third-order valence-electron chi connectivity index (χ3n) is 1.61. The van der Waals surface area contributed by atoms with Crippen LogP contribution < -0.4 is 22.5 Å². The lowest BCUT2D eigenvalue weighted by Crippen LogP contribution is -2.19. The summed E-state index contributed by atoms with van der Waals surface area (Å²) in [6.07, 6.45) is 1.45. The summed E-state index contributed by atoms with van der Waals surface area (Å²) in [4.78, 5) is 14.9. The molecule has 6 nitrogen and oxygen atoms in total. The second kappa shape index (κ2) is 4.43. The number of amides is 1. The van der Waals surface area contributed by atoms with Gasteiger partial charge in [-0.1, -0.05) is 0 Å². The number of nitrogens with two attached hydrogens (primary N) is 3. The molecule has 7 N–H and O–H groups in total. The van der Waals surface area contributed by atoms with E-state index in [0.717, 1.165) is 0 Å². The number of carbonyl (C=O) groups is 1. The molecule has 0 aliphatic rings. The van der Waals surface area contributed by atoms with Crippen molar-refractivity contribution in [3.8, 4) is 0 Å². The average Bonchev–Trinajstić information content (AvgIpc) is 2.15. The maximum Gasteiger partial charge on any atom is 0.252 e. The Kier molecular flexibility index (Phi) is 3.24. The average molecular weight is 195 g/mol. The molecule has 1 heterocycles. The molecule has 1 amide bonds. The second-order valence-corrected chi connectivity index (χ2v) is 2.74. The van der Waals surface area contributed by atoms with Crippen LogP contribution in [0.2, 0.25) is 0 Å². The zero-order valence-electron chi connectivity index (χ0n) is 7.66. The number of rotatable bonds is 4. The predicted octanol–water partition coefficient (Wildman–Crippen LogP) is -0.867. The van der Waals surface area contributed by atoms with Crippen LogP contribution in [0.15, 0.2) is 12.3 Å². The maximum atomic E-state index is 11.0. The van der Waals surface area contributed by atoms with Crippen molar-refractivity contribution in [3.05, 3.63) is 17.8 Å². The van der Waals surface area contributed by atoms with Gasteiger partial charge in [0.2, 0.25) is 0 Å². The lowest BCUT2D eigenvalue weighted by molar-refractivity contribution is 0.100. The Balaban J connectivity index is 2.96. The molecule has 0 unspecified atom stereocenters. The van der Waals surface area contributed by atoms with Crippen LogP contribution >= 0.6 is 0 Å². The number of pyridine rings is 1. The highest BCUT2D eigenvalue weighted by atomic mass is 16.1. The van der Waals surface area contributed by atoms with Crippen LogP contribution in [-0.2, 0) is 0 Å². The fourth-order valence-electron chi connectivity index (χ4n) is 1.00. The quantitative estimate of drug-likeness (QED) is 0.498. The van der Waals surface area contributed by atoms with Crippen molar-refractivity contribution in [1.82, 2.24) is 4.98 Å². The van der Waals surface area contributed by atoms with Crippen molar-refractivity contribution in [1.29, 1.82) is 0 Å². The van der Waals surface area contributed by atoms with Crippen LogP contribution in [0.1, 0.15) is 10.4 Å². The van der Waals surface area contributed by atoms with Gasteiger partial charge in [-0.05, 0) is 6.07 Å². The Bertz CT molecular complexity index is 339. The molecule has 0 fully saturated rings. The molecule has 0 aromatic carbocycles. The van der Waals surface area contributed by atoms with Crippen LogP contribution in [0.3, 0.4) is 0 Å². The van der Waals surface area contributed by atoms with E-state index in [-0.39, 0.29) is 5.56 Å². The van der Waals surface area contributed by atoms with Crippen LogP contribution in [0.25, 0.3) is 0 Å². The van der Waals surface area contributed by atoms with Gasteiger partial charge in [0.15, 0.2) is 0 Å². The fraction of sp³-hybridized carbons (Fsp3) is 0.250. The number of carbonyl (C=O) groups excluding carboxylic acids is 1. The van der Waals surface area contributed by atoms with Crippen molar-refractivity contribution < 1.29 is 4.79 Å². The summed E-state index contributed by atoms with van der Waals surface area (Å²) in [5.41, 5.74) is 16.6. The van der Waals surface area contributed by atoms with Gasteiger partial charge >= 0.3 is 0 Å². The summed E-state index contributed by atoms with van der Waals surface area (Å²) in [7, 11) is 0. The maximum absolute atomic E-state index is 11.0. The highest BCUT2D eigenvalue weighted by Gasteiger charge is 2.08. The number of anilines is 2. The number of hydrogen-bond donors (Lipinski definition) is 4. The Hall–Kier alpha value is -1.82. The molecule has 0 atom stereocenters. The number of nitrogens with zero attached hydrogens (tertiary/aromatic N) is 1. The lowest BCUT2D eigenvalue weighted by atomic mass is 10.2. The van der Waals surface area contributed by atoms with E-state index >= 15 is 0 Å². The smallest absolute Gasteiger partial charge is 0.252 e. The highest BCUT2D eigenvalue weighted by molar-refractivity contribution is 5.98. The van der Waals surface area contributed by atoms with Crippen molar-refractivity contribution >= 4 is 17.4 Å². The van der Waals surface area contributed by atoms with Crippen LogP contribution in [-0.4, -0.2) is 24.0 Å². The fourth-order valence-corrected chi connectivity index (χ4v) is 1.00. The number of hydrogen-bond acceptors (Lipinski definition) is 5. The van der Waals surface area contributed by atoms with E-state index in [4.69, 9.17) is 17.2 Å². The molecule has 1 rings (SSSR count). The van der Waals surface area contributed by atoms with Crippen LogP contribution in [0.4, 0.5) is 11.5 Å². The summed E-state index contributed by atoms with van der Waals surface area (Å²) in [5, 5.41) is 2.88. The van der Waals surface area contributed by atoms with Gasteiger partial charge in [0.05, 0.1) is 17.4 Å². The van der Waals surface area contributed by atoms with Gasteiger partial charge in [-0.25, -0.2) is 4.98 Å². The Morgan fingerprint density at radius 1 is 1.57 bits per heavy atom. The number of primary amides is 1. The first-order valence-corrected chi connectivity index (χ1v) is 4.14. The summed E-state index contributed by atoms with van der Waals surface area (Å²) in [6, 6.07) is 1.48. The Morgan fingerprint density at radius 2 is 2.29 bits per heavy atom.